The van der Waals surface area contributed by atoms with Crippen LogP contribution in [0.1, 0.15) is 30.2 Å². The van der Waals surface area contributed by atoms with Crippen LogP contribution in [-0.2, 0) is 4.79 Å². The second-order valence-corrected chi connectivity index (χ2v) is 6.80. The lowest BCUT2D eigenvalue weighted by Gasteiger charge is -2.21. The highest BCUT2D eigenvalue weighted by molar-refractivity contribution is 9.13. The molecule has 3 atom stereocenters. The maximum Gasteiger partial charge on any atom is 0.306 e. The highest BCUT2D eigenvalue weighted by Crippen LogP contribution is 2.45. The summed E-state index contributed by atoms with van der Waals surface area (Å²) in [4.78, 5) is 11.9. The van der Waals surface area contributed by atoms with Crippen LogP contribution in [0.15, 0.2) is 14.3 Å². The molecule has 0 aliphatic heterocycles. The summed E-state index contributed by atoms with van der Waals surface area (Å²) in [5, 5.41) is 21.4. The summed E-state index contributed by atoms with van der Waals surface area (Å²) in [6.45, 7) is 0. The van der Waals surface area contributed by atoms with Gasteiger partial charge in [-0.3, -0.25) is 4.79 Å². The Balaban J connectivity index is 2.22. The first-order valence-electron chi connectivity index (χ1n) is 5.35. The second kappa shape index (κ2) is 5.38. The Hall–Kier alpha value is 0.0900. The molecule has 3 unspecified atom stereocenters. The van der Waals surface area contributed by atoms with E-state index in [0.29, 0.717) is 6.42 Å². The number of aliphatic hydroxyl groups is 1. The van der Waals surface area contributed by atoms with Crippen molar-refractivity contribution in [2.24, 2.45) is 11.8 Å². The number of rotatable bonds is 3. The van der Waals surface area contributed by atoms with Crippen LogP contribution in [0.5, 0.6) is 0 Å². The van der Waals surface area contributed by atoms with Crippen LogP contribution in [-0.4, -0.2) is 16.2 Å². The van der Waals surface area contributed by atoms with Gasteiger partial charge in [0.15, 0.2) is 0 Å². The van der Waals surface area contributed by atoms with Crippen molar-refractivity contribution in [2.45, 2.75) is 25.4 Å². The fourth-order valence-corrected chi connectivity index (χ4v) is 4.69. The van der Waals surface area contributed by atoms with Gasteiger partial charge in [0.1, 0.15) is 0 Å². The van der Waals surface area contributed by atoms with Crippen LogP contribution in [0.3, 0.4) is 0 Å². The summed E-state index contributed by atoms with van der Waals surface area (Å²) in [5.74, 6) is -1.38. The fraction of sp³-hybridized carbons (Fsp3) is 0.545. The quantitative estimate of drug-likeness (QED) is 0.834. The molecule has 1 aliphatic rings. The number of halogens is 2. The van der Waals surface area contributed by atoms with Crippen LogP contribution in [0.2, 0.25) is 0 Å². The number of carbonyl (C=O) groups is 1. The molecule has 17 heavy (non-hydrogen) atoms. The molecular formula is C11H12Br2O3S. The molecule has 1 aliphatic carbocycles. The number of thiophene rings is 1. The zero-order valence-corrected chi connectivity index (χ0v) is 12.9. The molecule has 1 aromatic heterocycles. The zero-order valence-electron chi connectivity index (χ0n) is 8.90. The molecule has 0 spiro atoms. The van der Waals surface area contributed by atoms with Gasteiger partial charge in [-0.25, -0.2) is 0 Å². The first-order valence-corrected chi connectivity index (χ1v) is 7.82. The van der Waals surface area contributed by atoms with Crippen LogP contribution in [0, 0.1) is 11.8 Å². The van der Waals surface area contributed by atoms with Gasteiger partial charge in [0.2, 0.25) is 0 Å². The van der Waals surface area contributed by atoms with Crippen LogP contribution < -0.4 is 0 Å². The van der Waals surface area contributed by atoms with Gasteiger partial charge in [0, 0.05) is 25.1 Å². The molecule has 94 valence electrons. The van der Waals surface area contributed by atoms with Crippen molar-refractivity contribution in [2.75, 3.05) is 0 Å². The molecule has 0 radical (unpaired) electrons. The summed E-state index contributed by atoms with van der Waals surface area (Å²) in [5.41, 5.74) is 0. The molecule has 2 N–H and O–H groups in total. The van der Waals surface area contributed by atoms with Crippen LogP contribution >= 0.6 is 43.2 Å². The van der Waals surface area contributed by atoms with E-state index in [-0.39, 0.29) is 5.92 Å². The number of carboxylic acids is 1. The summed E-state index contributed by atoms with van der Waals surface area (Å²) in [6, 6.07) is 0. The predicted octanol–water partition coefficient (Wildman–Crippen LogP) is 3.81. The minimum atomic E-state index is -0.793. The van der Waals surface area contributed by atoms with Crippen molar-refractivity contribution in [3.8, 4) is 0 Å². The van der Waals surface area contributed by atoms with E-state index in [9.17, 15) is 9.90 Å². The topological polar surface area (TPSA) is 57.5 Å². The van der Waals surface area contributed by atoms with Gasteiger partial charge in [0.25, 0.3) is 0 Å². The largest absolute Gasteiger partial charge is 0.481 e. The molecule has 1 fully saturated rings. The summed E-state index contributed by atoms with van der Waals surface area (Å²) in [7, 11) is 0. The average Bonchev–Trinajstić information content (AvgIpc) is 2.87. The molecule has 0 bridgehead atoms. The van der Waals surface area contributed by atoms with Gasteiger partial charge in [-0.1, -0.05) is 6.42 Å². The Labute approximate surface area is 120 Å². The predicted molar refractivity (Wildman–Crippen MR) is 73.1 cm³/mol. The summed E-state index contributed by atoms with van der Waals surface area (Å²) < 4.78 is 1.74. The first-order chi connectivity index (χ1) is 8.02. The minimum absolute atomic E-state index is 0.172. The Morgan fingerprint density at radius 1 is 1.47 bits per heavy atom. The molecule has 1 aromatic rings. The molecular weight excluding hydrogens is 372 g/mol. The van der Waals surface area contributed by atoms with E-state index in [2.05, 4.69) is 31.9 Å². The van der Waals surface area contributed by atoms with E-state index < -0.39 is 18.0 Å². The SMILES string of the molecule is O=C(O)C1CCCC1C(O)c1scc(Br)c1Br. The molecule has 1 saturated carbocycles. The smallest absolute Gasteiger partial charge is 0.306 e. The van der Waals surface area contributed by atoms with Crippen molar-refractivity contribution >= 4 is 49.2 Å². The van der Waals surface area contributed by atoms with E-state index in [0.717, 1.165) is 26.7 Å². The molecule has 6 heteroatoms. The standard InChI is InChI=1S/C11H12Br2O3S/c12-7-4-17-10(8(7)13)9(14)5-2-1-3-6(5)11(15)16/h4-6,9,14H,1-3H2,(H,15,16). The number of aliphatic hydroxyl groups excluding tert-OH is 1. The average molecular weight is 384 g/mol. The third-order valence-corrected chi connectivity index (χ3v) is 6.91. The van der Waals surface area contributed by atoms with Gasteiger partial charge in [-0.05, 0) is 44.7 Å². The second-order valence-electron chi connectivity index (χ2n) is 4.25. The lowest BCUT2D eigenvalue weighted by Crippen LogP contribution is -2.23. The van der Waals surface area contributed by atoms with E-state index in [1.165, 1.54) is 11.3 Å². The zero-order chi connectivity index (χ0) is 12.6. The Morgan fingerprint density at radius 3 is 2.71 bits per heavy atom. The minimum Gasteiger partial charge on any atom is -0.481 e. The van der Waals surface area contributed by atoms with Crippen molar-refractivity contribution in [3.05, 3.63) is 19.2 Å². The molecule has 1 heterocycles. The van der Waals surface area contributed by atoms with Gasteiger partial charge in [0.05, 0.1) is 12.0 Å². The fourth-order valence-electron chi connectivity index (χ4n) is 2.40. The third-order valence-electron chi connectivity index (χ3n) is 3.28. The first kappa shape index (κ1) is 13.5. The maximum absolute atomic E-state index is 11.1. The van der Waals surface area contributed by atoms with Crippen molar-refractivity contribution in [3.63, 3.8) is 0 Å². The van der Waals surface area contributed by atoms with Crippen molar-refractivity contribution in [1.82, 2.24) is 0 Å². The van der Waals surface area contributed by atoms with Gasteiger partial charge < -0.3 is 10.2 Å². The third kappa shape index (κ3) is 2.59. The molecule has 0 saturated heterocycles. The molecule has 0 amide bonds. The highest BCUT2D eigenvalue weighted by Gasteiger charge is 2.39. The van der Waals surface area contributed by atoms with Crippen molar-refractivity contribution < 1.29 is 15.0 Å². The molecule has 2 rings (SSSR count). The van der Waals surface area contributed by atoms with Crippen LogP contribution in [0.25, 0.3) is 0 Å². The van der Waals surface area contributed by atoms with E-state index in [4.69, 9.17) is 5.11 Å². The highest BCUT2D eigenvalue weighted by atomic mass is 79.9. The monoisotopic (exact) mass is 382 g/mol. The molecule has 0 aromatic carbocycles. The van der Waals surface area contributed by atoms with Crippen molar-refractivity contribution in [1.29, 1.82) is 0 Å². The Bertz CT molecular complexity index is 432. The Kier molecular flexibility index (Phi) is 4.28. The van der Waals surface area contributed by atoms with Gasteiger partial charge in [-0.2, -0.15) is 0 Å². The van der Waals surface area contributed by atoms with Crippen LogP contribution in [0.4, 0.5) is 0 Å². The summed E-state index contributed by atoms with van der Waals surface area (Å²) in [6.07, 6.45) is 1.63. The van der Waals surface area contributed by atoms with Gasteiger partial charge >= 0.3 is 5.97 Å². The van der Waals surface area contributed by atoms with Gasteiger partial charge in [-0.15, -0.1) is 11.3 Å². The Morgan fingerprint density at radius 2 is 2.18 bits per heavy atom. The van der Waals surface area contributed by atoms with E-state index >= 15 is 0 Å². The number of carboxylic acid groups (broad SMARTS) is 1. The van der Waals surface area contributed by atoms with E-state index in [1.807, 2.05) is 5.38 Å². The number of hydrogen-bond donors (Lipinski definition) is 2. The summed E-state index contributed by atoms with van der Waals surface area (Å²) >= 11 is 8.23. The number of aliphatic carboxylic acids is 1. The lowest BCUT2D eigenvalue weighted by molar-refractivity contribution is -0.144. The lowest BCUT2D eigenvalue weighted by atomic mass is 9.90. The number of hydrogen-bond acceptors (Lipinski definition) is 3. The molecule has 3 nitrogen and oxygen atoms in total. The normalized spacial score (nSPS) is 26.1. The van der Waals surface area contributed by atoms with E-state index in [1.54, 1.807) is 0 Å². The maximum atomic E-state index is 11.1.